The summed E-state index contributed by atoms with van der Waals surface area (Å²) >= 11 is 3.44. The molecule has 0 saturated carbocycles. The van der Waals surface area contributed by atoms with Crippen molar-refractivity contribution >= 4 is 44.2 Å². The van der Waals surface area contributed by atoms with E-state index in [1.807, 2.05) is 18.3 Å². The minimum atomic E-state index is 0.210. The van der Waals surface area contributed by atoms with Gasteiger partial charge in [-0.1, -0.05) is 42.1 Å². The second-order valence-corrected chi connectivity index (χ2v) is 9.72. The van der Waals surface area contributed by atoms with Crippen LogP contribution in [0.5, 0.6) is 0 Å². The fraction of sp³-hybridized carbons (Fsp3) is 0.261. The van der Waals surface area contributed by atoms with Crippen LogP contribution in [0.15, 0.2) is 59.9 Å². The molecule has 1 N–H and O–H groups in total. The first kappa shape index (κ1) is 19.0. The van der Waals surface area contributed by atoms with Crippen LogP contribution < -0.4 is 0 Å². The van der Waals surface area contributed by atoms with Gasteiger partial charge in [0.2, 0.25) is 0 Å². The lowest BCUT2D eigenvalue weighted by Crippen LogP contribution is -2.16. The van der Waals surface area contributed by atoms with Gasteiger partial charge in [-0.05, 0) is 31.0 Å². The van der Waals surface area contributed by atoms with Gasteiger partial charge >= 0.3 is 0 Å². The van der Waals surface area contributed by atoms with Crippen molar-refractivity contribution in [3.63, 3.8) is 0 Å². The van der Waals surface area contributed by atoms with E-state index >= 15 is 0 Å². The molecule has 2 aromatic carbocycles. The molecule has 1 saturated heterocycles. The molecule has 1 aliphatic rings. The molecule has 156 valence electrons. The number of ether oxygens (including phenoxy) is 1. The molecule has 1 atom stereocenters. The summed E-state index contributed by atoms with van der Waals surface area (Å²) in [5.74, 6) is 1.66. The fourth-order valence-electron chi connectivity index (χ4n) is 4.12. The summed E-state index contributed by atoms with van der Waals surface area (Å²) in [6.45, 7) is 1.60. The normalized spacial score (nSPS) is 16.6. The summed E-state index contributed by atoms with van der Waals surface area (Å²) in [7, 11) is 0. The quantitative estimate of drug-likeness (QED) is 0.348. The maximum atomic E-state index is 5.94. The van der Waals surface area contributed by atoms with Crippen LogP contribution in [0.4, 0.5) is 0 Å². The molecule has 0 amide bonds. The number of aromatic nitrogens is 5. The van der Waals surface area contributed by atoms with Crippen molar-refractivity contribution in [2.75, 3.05) is 6.61 Å². The summed E-state index contributed by atoms with van der Waals surface area (Å²) < 4.78 is 9.39. The predicted molar refractivity (Wildman–Crippen MR) is 125 cm³/mol. The maximum Gasteiger partial charge on any atom is 0.191 e. The highest BCUT2D eigenvalue weighted by molar-refractivity contribution is 7.98. The van der Waals surface area contributed by atoms with Crippen molar-refractivity contribution in [3.05, 3.63) is 59.7 Å². The third-order valence-electron chi connectivity index (χ3n) is 5.62. The van der Waals surface area contributed by atoms with Gasteiger partial charge in [-0.15, -0.1) is 21.5 Å². The van der Waals surface area contributed by atoms with E-state index in [-0.39, 0.29) is 6.10 Å². The van der Waals surface area contributed by atoms with Crippen LogP contribution >= 0.6 is 23.1 Å². The highest BCUT2D eigenvalue weighted by atomic mass is 32.2. The first-order valence-electron chi connectivity index (χ1n) is 10.4. The van der Waals surface area contributed by atoms with E-state index in [4.69, 9.17) is 9.72 Å². The molecule has 0 spiro atoms. The molecule has 1 fully saturated rings. The van der Waals surface area contributed by atoms with E-state index in [1.54, 1.807) is 23.1 Å². The molecule has 1 unspecified atom stereocenters. The number of aromatic amines is 1. The molecule has 4 heterocycles. The zero-order chi connectivity index (χ0) is 20.6. The number of para-hydroxylation sites is 2. The van der Waals surface area contributed by atoms with Gasteiger partial charge < -0.3 is 9.72 Å². The van der Waals surface area contributed by atoms with Crippen molar-refractivity contribution in [1.29, 1.82) is 0 Å². The standard InChI is InChI=1S/C23H21N5OS2/c1-2-8-18-16(7-1)17(12-24-18)22-26-27-23(28(22)13-15-6-5-11-29-15)30-14-21-25-19-9-3-4-10-20(19)31-21/h1-4,7-10,12,15,24H,5-6,11,13-14H2. The average Bonchev–Trinajstić information content (AvgIpc) is 3.58. The maximum absolute atomic E-state index is 5.94. The first-order chi connectivity index (χ1) is 15.3. The smallest absolute Gasteiger partial charge is 0.191 e. The predicted octanol–water partition coefficient (Wildman–Crippen LogP) is 5.51. The SMILES string of the molecule is c1ccc2sc(CSc3nnc(-c4c[nH]c5ccccc45)n3CC3CCCO3)nc2c1. The number of hydrogen-bond acceptors (Lipinski definition) is 6. The topological polar surface area (TPSA) is 68.6 Å². The number of thiazole rings is 1. The highest BCUT2D eigenvalue weighted by Gasteiger charge is 2.23. The summed E-state index contributed by atoms with van der Waals surface area (Å²) in [4.78, 5) is 8.13. The Hall–Kier alpha value is -2.68. The number of H-pyrrole nitrogens is 1. The number of hydrogen-bond donors (Lipinski definition) is 1. The van der Waals surface area contributed by atoms with E-state index < -0.39 is 0 Å². The van der Waals surface area contributed by atoms with Crippen LogP contribution in [0.1, 0.15) is 17.8 Å². The van der Waals surface area contributed by atoms with Crippen LogP contribution in [0.3, 0.4) is 0 Å². The minimum Gasteiger partial charge on any atom is -0.376 e. The number of fused-ring (bicyclic) bond motifs is 2. The van der Waals surface area contributed by atoms with Gasteiger partial charge in [0, 0.05) is 29.3 Å². The summed E-state index contributed by atoms with van der Waals surface area (Å²) in [6, 6.07) is 16.6. The number of nitrogens with one attached hydrogen (secondary N) is 1. The van der Waals surface area contributed by atoms with Gasteiger partial charge in [0.05, 0.1) is 28.6 Å². The summed E-state index contributed by atoms with van der Waals surface area (Å²) in [5, 5.41) is 12.4. The number of nitrogens with zero attached hydrogens (tertiary/aromatic N) is 4. The van der Waals surface area contributed by atoms with Gasteiger partial charge in [-0.2, -0.15) is 0 Å². The monoisotopic (exact) mass is 447 g/mol. The van der Waals surface area contributed by atoms with Crippen LogP contribution in [-0.2, 0) is 17.0 Å². The minimum absolute atomic E-state index is 0.210. The van der Waals surface area contributed by atoms with Crippen LogP contribution in [-0.4, -0.2) is 37.4 Å². The van der Waals surface area contributed by atoms with Crippen LogP contribution in [0, 0.1) is 0 Å². The Morgan fingerprint density at radius 1 is 1.13 bits per heavy atom. The van der Waals surface area contributed by atoms with Gasteiger partial charge in [-0.3, -0.25) is 4.57 Å². The number of thioether (sulfide) groups is 1. The van der Waals surface area contributed by atoms with E-state index in [0.717, 1.165) is 69.7 Å². The van der Waals surface area contributed by atoms with Gasteiger partial charge in [0.25, 0.3) is 0 Å². The molecule has 6 rings (SSSR count). The van der Waals surface area contributed by atoms with E-state index in [2.05, 4.69) is 56.1 Å². The van der Waals surface area contributed by atoms with Crippen LogP contribution in [0.2, 0.25) is 0 Å². The molecule has 5 aromatic rings. The molecule has 1 aliphatic heterocycles. The van der Waals surface area contributed by atoms with E-state index in [9.17, 15) is 0 Å². The lowest BCUT2D eigenvalue weighted by Gasteiger charge is -2.14. The van der Waals surface area contributed by atoms with E-state index in [0.29, 0.717) is 0 Å². The fourth-order valence-corrected chi connectivity index (χ4v) is 6.02. The second kappa shape index (κ2) is 8.11. The van der Waals surface area contributed by atoms with E-state index in [1.165, 1.54) is 4.70 Å². The third-order valence-corrected chi connectivity index (χ3v) is 7.82. The molecule has 0 bridgehead atoms. The van der Waals surface area contributed by atoms with Crippen molar-refractivity contribution in [3.8, 4) is 11.4 Å². The zero-order valence-electron chi connectivity index (χ0n) is 16.8. The van der Waals surface area contributed by atoms with Crippen molar-refractivity contribution in [2.24, 2.45) is 0 Å². The first-order valence-corrected chi connectivity index (χ1v) is 12.2. The second-order valence-electron chi connectivity index (χ2n) is 7.66. The Morgan fingerprint density at radius 3 is 2.94 bits per heavy atom. The molecule has 6 nitrogen and oxygen atoms in total. The molecule has 31 heavy (non-hydrogen) atoms. The third kappa shape index (κ3) is 3.64. The van der Waals surface area contributed by atoms with Gasteiger partial charge in [0.1, 0.15) is 5.01 Å². The highest BCUT2D eigenvalue weighted by Crippen LogP contribution is 2.33. The van der Waals surface area contributed by atoms with Crippen molar-refractivity contribution < 1.29 is 4.74 Å². The molecular formula is C23H21N5OS2. The average molecular weight is 448 g/mol. The number of rotatable bonds is 6. The Morgan fingerprint density at radius 2 is 2.03 bits per heavy atom. The Bertz CT molecular complexity index is 1320. The Labute approximate surface area is 187 Å². The van der Waals surface area contributed by atoms with Crippen molar-refractivity contribution in [2.45, 2.75) is 36.4 Å². The lowest BCUT2D eigenvalue weighted by atomic mass is 10.1. The molecule has 3 aromatic heterocycles. The molecule has 0 radical (unpaired) electrons. The van der Waals surface area contributed by atoms with Crippen LogP contribution in [0.25, 0.3) is 32.5 Å². The molecule has 8 heteroatoms. The largest absolute Gasteiger partial charge is 0.376 e. The summed E-state index contributed by atoms with van der Waals surface area (Å²) in [6.07, 6.45) is 4.43. The lowest BCUT2D eigenvalue weighted by molar-refractivity contribution is 0.0953. The van der Waals surface area contributed by atoms with Crippen molar-refractivity contribution in [1.82, 2.24) is 24.7 Å². The summed E-state index contributed by atoms with van der Waals surface area (Å²) in [5.41, 5.74) is 3.24. The Balaban J connectivity index is 1.34. The van der Waals surface area contributed by atoms with Gasteiger partial charge in [0.15, 0.2) is 11.0 Å². The zero-order valence-corrected chi connectivity index (χ0v) is 18.5. The van der Waals surface area contributed by atoms with Gasteiger partial charge in [-0.25, -0.2) is 4.98 Å². The molecule has 0 aliphatic carbocycles. The molecular weight excluding hydrogens is 426 g/mol. The number of benzene rings is 2. The Kier molecular flexibility index (Phi) is 4.98.